The first kappa shape index (κ1) is 22.4. The normalized spacial score (nSPS) is 13.0. The van der Waals surface area contributed by atoms with Crippen LogP contribution in [0.1, 0.15) is 0 Å². The number of amides is 1. The molecule has 2 aromatic carbocycles. The Labute approximate surface area is 192 Å². The molecule has 1 amide bonds. The van der Waals surface area contributed by atoms with Crippen molar-refractivity contribution in [2.45, 2.75) is 9.96 Å². The fourth-order valence-electron chi connectivity index (χ4n) is 2.46. The van der Waals surface area contributed by atoms with E-state index in [0.29, 0.717) is 10.6 Å². The van der Waals surface area contributed by atoms with Crippen molar-refractivity contribution in [3.63, 3.8) is 0 Å². The van der Waals surface area contributed by atoms with Crippen LogP contribution in [0, 0.1) is 0 Å². The van der Waals surface area contributed by atoms with Crippen LogP contribution in [0.25, 0.3) is 17.1 Å². The molecule has 0 radical (unpaired) electrons. The van der Waals surface area contributed by atoms with E-state index >= 15 is 0 Å². The number of nitrogens with one attached hydrogen (secondary N) is 1. The molecule has 1 heterocycles. The number of carbonyl (C=O) groups excluding carboxylic acids is 1. The average molecular weight is 488 g/mol. The molecule has 0 saturated heterocycles. The number of ether oxygens (including phenoxy) is 2. The number of benzene rings is 2. The fourth-order valence-corrected chi connectivity index (χ4v) is 3.68. The van der Waals surface area contributed by atoms with E-state index in [-0.39, 0.29) is 0 Å². The molecule has 0 fully saturated rings. The second kappa shape index (κ2) is 9.70. The number of nitrogens with zero attached hydrogens (tertiary/aromatic N) is 3. The Morgan fingerprint density at radius 2 is 1.80 bits per heavy atom. The Hall–Kier alpha value is -2.26. The smallest absolute Gasteiger partial charge is 0.408 e. The molecule has 0 bridgehead atoms. The van der Waals surface area contributed by atoms with Gasteiger partial charge in [-0.2, -0.15) is 4.98 Å². The number of hydrogen-bond acceptors (Lipinski definition) is 6. The summed E-state index contributed by atoms with van der Waals surface area (Å²) in [6, 6.07) is 17.1. The van der Waals surface area contributed by atoms with Crippen molar-refractivity contribution in [3.8, 4) is 22.8 Å². The van der Waals surface area contributed by atoms with E-state index in [1.54, 1.807) is 7.11 Å². The van der Waals surface area contributed by atoms with Crippen LogP contribution in [-0.4, -0.2) is 39.2 Å². The van der Waals surface area contributed by atoms with Gasteiger partial charge in [-0.3, -0.25) is 5.32 Å². The third-order valence-corrected chi connectivity index (χ3v) is 5.44. The molecule has 3 rings (SSSR count). The standard InChI is InChI=1S/C19H17Cl3N4O3S/c1-28-14-10-8-12(9-11-14)15-23-17(30-26(15)13-6-4-3-5-7-13)24-16(19(20,21)22)25-18(27)29-2/h3-11,16H,1-2H3,(H,25,27)/t16-/m1/s1. The summed E-state index contributed by atoms with van der Waals surface area (Å²) in [4.78, 5) is 20.9. The van der Waals surface area contributed by atoms with Crippen molar-refractivity contribution in [3.05, 3.63) is 59.4 Å². The Morgan fingerprint density at radius 1 is 1.13 bits per heavy atom. The van der Waals surface area contributed by atoms with E-state index in [1.807, 2.05) is 58.6 Å². The summed E-state index contributed by atoms with van der Waals surface area (Å²) >= 11 is 19.2. The molecular weight excluding hydrogens is 471 g/mol. The maximum absolute atomic E-state index is 11.6. The molecule has 1 atom stereocenters. The van der Waals surface area contributed by atoms with Gasteiger partial charge in [0.05, 0.1) is 19.9 Å². The van der Waals surface area contributed by atoms with Crippen molar-refractivity contribution in [2.24, 2.45) is 4.99 Å². The van der Waals surface area contributed by atoms with Crippen molar-refractivity contribution in [1.82, 2.24) is 14.3 Å². The maximum Gasteiger partial charge on any atom is 0.408 e. The molecule has 0 spiro atoms. The van der Waals surface area contributed by atoms with Crippen LogP contribution >= 0.6 is 46.3 Å². The molecule has 1 N–H and O–H groups in total. The third-order valence-electron chi connectivity index (χ3n) is 3.90. The molecule has 0 aliphatic rings. The van der Waals surface area contributed by atoms with Gasteiger partial charge < -0.3 is 9.47 Å². The lowest BCUT2D eigenvalue weighted by Crippen LogP contribution is -2.43. The van der Waals surface area contributed by atoms with Crippen molar-refractivity contribution >= 4 is 52.4 Å². The van der Waals surface area contributed by atoms with Crippen molar-refractivity contribution in [2.75, 3.05) is 14.2 Å². The molecule has 0 aliphatic heterocycles. The zero-order chi connectivity index (χ0) is 21.7. The van der Waals surface area contributed by atoms with Gasteiger partial charge in [0.15, 0.2) is 12.0 Å². The molecule has 158 valence electrons. The van der Waals surface area contributed by atoms with Gasteiger partial charge in [-0.05, 0) is 47.9 Å². The van der Waals surface area contributed by atoms with Crippen LogP contribution in [0.2, 0.25) is 0 Å². The lowest BCUT2D eigenvalue weighted by Gasteiger charge is -2.20. The van der Waals surface area contributed by atoms with E-state index in [4.69, 9.17) is 39.5 Å². The SMILES string of the molecule is COC(=O)N[C@@H](N=c1nc(-c2ccc(OC)cc2)n(-c2ccccc2)s1)C(Cl)(Cl)Cl. The highest BCUT2D eigenvalue weighted by atomic mass is 35.6. The number of alkyl halides is 3. The molecule has 0 aliphatic carbocycles. The summed E-state index contributed by atoms with van der Waals surface area (Å²) in [5.74, 6) is 1.36. The number of para-hydroxylation sites is 1. The number of rotatable bonds is 5. The summed E-state index contributed by atoms with van der Waals surface area (Å²) in [5.41, 5.74) is 1.72. The highest BCUT2D eigenvalue weighted by Gasteiger charge is 2.34. The zero-order valence-corrected chi connectivity index (χ0v) is 19.0. The molecule has 0 unspecified atom stereocenters. The molecule has 11 heteroatoms. The zero-order valence-electron chi connectivity index (χ0n) is 15.9. The quantitative estimate of drug-likeness (QED) is 0.535. The molecular formula is C19H17Cl3N4O3S. The minimum absolute atomic E-state index is 0.303. The lowest BCUT2D eigenvalue weighted by molar-refractivity contribution is 0.167. The first-order valence-corrected chi connectivity index (χ1v) is 10.5. The summed E-state index contributed by atoms with van der Waals surface area (Å²) in [6.45, 7) is 0. The van der Waals surface area contributed by atoms with Gasteiger partial charge in [-0.1, -0.05) is 53.0 Å². The van der Waals surface area contributed by atoms with Crippen LogP contribution in [0.4, 0.5) is 4.79 Å². The van der Waals surface area contributed by atoms with Crippen molar-refractivity contribution < 1.29 is 14.3 Å². The average Bonchev–Trinajstić information content (AvgIpc) is 3.17. The monoisotopic (exact) mass is 486 g/mol. The minimum atomic E-state index is -1.91. The number of halogens is 3. The molecule has 30 heavy (non-hydrogen) atoms. The second-order valence-electron chi connectivity index (χ2n) is 5.88. The van der Waals surface area contributed by atoms with Gasteiger partial charge in [-0.15, -0.1) is 0 Å². The first-order valence-electron chi connectivity index (χ1n) is 8.57. The summed E-state index contributed by atoms with van der Waals surface area (Å²) in [5, 5.41) is 2.40. The number of hydrogen-bond donors (Lipinski definition) is 1. The molecule has 1 aromatic heterocycles. The maximum atomic E-state index is 11.6. The van der Waals surface area contributed by atoms with Crippen LogP contribution in [0.5, 0.6) is 5.75 Å². The van der Waals surface area contributed by atoms with Gasteiger partial charge in [0, 0.05) is 5.56 Å². The van der Waals surface area contributed by atoms with Crippen LogP contribution in [0.3, 0.4) is 0 Å². The summed E-state index contributed by atoms with van der Waals surface area (Å²) in [6.07, 6.45) is -1.98. The lowest BCUT2D eigenvalue weighted by atomic mass is 10.2. The Bertz CT molecular complexity index is 1060. The van der Waals surface area contributed by atoms with E-state index in [2.05, 4.69) is 20.0 Å². The van der Waals surface area contributed by atoms with E-state index < -0.39 is 16.1 Å². The largest absolute Gasteiger partial charge is 0.497 e. The van der Waals surface area contributed by atoms with Gasteiger partial charge in [0.25, 0.3) is 0 Å². The van der Waals surface area contributed by atoms with Crippen LogP contribution in [-0.2, 0) is 4.74 Å². The van der Waals surface area contributed by atoms with Crippen molar-refractivity contribution in [1.29, 1.82) is 0 Å². The minimum Gasteiger partial charge on any atom is -0.497 e. The Balaban J connectivity index is 2.12. The van der Waals surface area contributed by atoms with Gasteiger partial charge >= 0.3 is 6.09 Å². The summed E-state index contributed by atoms with van der Waals surface area (Å²) < 4.78 is 9.80. The highest BCUT2D eigenvalue weighted by Crippen LogP contribution is 2.31. The van der Waals surface area contributed by atoms with Gasteiger partial charge in [-0.25, -0.2) is 13.7 Å². The number of alkyl carbamates (subject to hydrolysis) is 1. The molecule has 7 nitrogen and oxygen atoms in total. The predicted molar refractivity (Wildman–Crippen MR) is 119 cm³/mol. The highest BCUT2D eigenvalue weighted by molar-refractivity contribution is 7.04. The fraction of sp³-hybridized carbons (Fsp3) is 0.211. The summed E-state index contributed by atoms with van der Waals surface area (Å²) in [7, 11) is 2.81. The topological polar surface area (TPSA) is 77.7 Å². The molecule has 0 saturated carbocycles. The van der Waals surface area contributed by atoms with E-state index in [1.165, 1.54) is 18.6 Å². The third kappa shape index (κ3) is 5.46. The van der Waals surface area contributed by atoms with Crippen LogP contribution < -0.4 is 14.9 Å². The van der Waals surface area contributed by atoms with Gasteiger partial charge in [0.2, 0.25) is 8.59 Å². The number of methoxy groups -OCH3 is 2. The predicted octanol–water partition coefficient (Wildman–Crippen LogP) is 4.56. The Morgan fingerprint density at radius 3 is 2.37 bits per heavy atom. The Kier molecular flexibility index (Phi) is 7.25. The first-order chi connectivity index (χ1) is 14.3. The van der Waals surface area contributed by atoms with E-state index in [9.17, 15) is 4.79 Å². The number of carbonyl (C=O) groups is 1. The van der Waals surface area contributed by atoms with E-state index in [0.717, 1.165) is 17.0 Å². The van der Waals surface area contributed by atoms with Crippen LogP contribution in [0.15, 0.2) is 59.6 Å². The number of aromatic nitrogens is 2. The second-order valence-corrected chi connectivity index (χ2v) is 9.16. The van der Waals surface area contributed by atoms with Gasteiger partial charge in [0.1, 0.15) is 5.75 Å². The molecule has 3 aromatic rings.